The second-order valence-corrected chi connectivity index (χ2v) is 6.96. The summed E-state index contributed by atoms with van der Waals surface area (Å²) in [5.74, 6) is 2.10. The highest BCUT2D eigenvalue weighted by molar-refractivity contribution is 6.00. The fraction of sp³-hybridized carbons (Fsp3) is 0.200. The largest absolute Gasteiger partial charge is 0.496 e. The lowest BCUT2D eigenvalue weighted by molar-refractivity contribution is 0.355. The zero-order valence-corrected chi connectivity index (χ0v) is 18.9. The van der Waals surface area contributed by atoms with Gasteiger partial charge in [0.2, 0.25) is 11.2 Å². The number of aromatic nitrogens is 1. The van der Waals surface area contributed by atoms with Crippen molar-refractivity contribution < 1.29 is 28.1 Å². The minimum Gasteiger partial charge on any atom is -0.496 e. The third-order valence-electron chi connectivity index (χ3n) is 5.31. The van der Waals surface area contributed by atoms with Gasteiger partial charge in [0, 0.05) is 24.0 Å². The van der Waals surface area contributed by atoms with Crippen LogP contribution < -0.4 is 29.1 Å². The van der Waals surface area contributed by atoms with E-state index in [1.165, 1.54) is 21.3 Å². The van der Waals surface area contributed by atoms with Gasteiger partial charge in [-0.3, -0.25) is 9.78 Å². The average molecular weight is 449 g/mol. The molecule has 8 heteroatoms. The number of benzene rings is 2. The topological polar surface area (TPSA) is 89.3 Å². The van der Waals surface area contributed by atoms with Gasteiger partial charge in [0.05, 0.1) is 41.1 Å². The van der Waals surface area contributed by atoms with E-state index < -0.39 is 0 Å². The normalized spacial score (nSPS) is 10.7. The highest BCUT2D eigenvalue weighted by Crippen LogP contribution is 2.44. The Morgan fingerprint density at radius 1 is 0.697 bits per heavy atom. The fourth-order valence-electron chi connectivity index (χ4n) is 3.76. The van der Waals surface area contributed by atoms with Crippen molar-refractivity contribution in [2.45, 2.75) is 0 Å². The van der Waals surface area contributed by atoms with Crippen LogP contribution in [0.2, 0.25) is 0 Å². The Morgan fingerprint density at radius 2 is 1.36 bits per heavy atom. The summed E-state index contributed by atoms with van der Waals surface area (Å²) in [6.07, 6.45) is 3.31. The third-order valence-corrected chi connectivity index (χ3v) is 5.31. The number of fused-ring (bicyclic) bond motifs is 1. The molecular weight excluding hydrogens is 426 g/mol. The van der Waals surface area contributed by atoms with Gasteiger partial charge in [-0.25, -0.2) is 0 Å². The van der Waals surface area contributed by atoms with Crippen molar-refractivity contribution in [2.75, 3.05) is 35.5 Å². The average Bonchev–Trinajstić information content (AvgIpc) is 2.87. The van der Waals surface area contributed by atoms with Crippen LogP contribution in [0.5, 0.6) is 28.7 Å². The van der Waals surface area contributed by atoms with Crippen molar-refractivity contribution in [3.8, 4) is 51.2 Å². The summed E-state index contributed by atoms with van der Waals surface area (Å²) in [5.41, 5.74) is 1.86. The Morgan fingerprint density at radius 3 is 1.97 bits per heavy atom. The molecule has 0 aliphatic rings. The number of rotatable bonds is 7. The number of hydrogen-bond donors (Lipinski definition) is 0. The summed E-state index contributed by atoms with van der Waals surface area (Å²) in [4.78, 5) is 17.7. The van der Waals surface area contributed by atoms with Gasteiger partial charge in [0.25, 0.3) is 0 Å². The van der Waals surface area contributed by atoms with Crippen LogP contribution >= 0.6 is 0 Å². The predicted octanol–water partition coefficient (Wildman–Crippen LogP) is 4.57. The van der Waals surface area contributed by atoms with E-state index in [4.69, 9.17) is 28.1 Å². The smallest absolute Gasteiger partial charge is 0.239 e. The molecule has 0 bridgehead atoms. The lowest BCUT2D eigenvalue weighted by Crippen LogP contribution is -2.10. The van der Waals surface area contributed by atoms with Gasteiger partial charge in [-0.2, -0.15) is 0 Å². The molecule has 0 saturated heterocycles. The zero-order chi connectivity index (χ0) is 23.5. The Bertz CT molecular complexity index is 1360. The standard InChI is InChI=1S/C25H23NO7/c1-28-16-7-6-15(12-17(16)29-2)23-25(32-5)22(27)21-19(31-4)13-18(30-3)20(24(21)33-23)14-8-10-26-11-9-14/h6-13H,1-5H3. The van der Waals surface area contributed by atoms with Gasteiger partial charge in [0.1, 0.15) is 16.9 Å². The molecule has 4 aromatic rings. The maximum atomic E-state index is 13.6. The molecule has 33 heavy (non-hydrogen) atoms. The summed E-state index contributed by atoms with van der Waals surface area (Å²) >= 11 is 0. The first-order valence-electron chi connectivity index (χ1n) is 10.0. The van der Waals surface area contributed by atoms with Crippen LogP contribution in [0, 0.1) is 0 Å². The van der Waals surface area contributed by atoms with Crippen LogP contribution in [0.25, 0.3) is 33.4 Å². The second-order valence-electron chi connectivity index (χ2n) is 6.96. The molecule has 2 aromatic carbocycles. The predicted molar refractivity (Wildman–Crippen MR) is 124 cm³/mol. The summed E-state index contributed by atoms with van der Waals surface area (Å²) in [6.45, 7) is 0. The molecule has 2 heterocycles. The van der Waals surface area contributed by atoms with E-state index in [1.54, 1.807) is 50.9 Å². The summed E-state index contributed by atoms with van der Waals surface area (Å²) in [6, 6.07) is 10.5. The van der Waals surface area contributed by atoms with Crippen molar-refractivity contribution in [3.05, 3.63) is 59.0 Å². The molecule has 0 fully saturated rings. The van der Waals surface area contributed by atoms with E-state index in [0.29, 0.717) is 39.7 Å². The SMILES string of the molecule is COc1ccc(-c2oc3c(-c4ccncc4)c(OC)cc(OC)c3c(=O)c2OC)cc1OC. The van der Waals surface area contributed by atoms with Crippen LogP contribution in [-0.4, -0.2) is 40.5 Å². The number of hydrogen-bond acceptors (Lipinski definition) is 8. The molecule has 0 unspecified atom stereocenters. The van der Waals surface area contributed by atoms with Crippen LogP contribution in [0.15, 0.2) is 58.0 Å². The van der Waals surface area contributed by atoms with E-state index in [9.17, 15) is 4.79 Å². The maximum Gasteiger partial charge on any atom is 0.239 e. The Kier molecular flexibility index (Phi) is 6.08. The van der Waals surface area contributed by atoms with E-state index in [2.05, 4.69) is 4.98 Å². The van der Waals surface area contributed by atoms with Crippen LogP contribution in [-0.2, 0) is 0 Å². The number of pyridine rings is 1. The van der Waals surface area contributed by atoms with Crippen molar-refractivity contribution in [3.63, 3.8) is 0 Å². The van der Waals surface area contributed by atoms with Crippen LogP contribution in [0.4, 0.5) is 0 Å². The van der Waals surface area contributed by atoms with Crippen molar-refractivity contribution in [2.24, 2.45) is 0 Å². The molecule has 0 amide bonds. The van der Waals surface area contributed by atoms with E-state index in [0.717, 1.165) is 5.56 Å². The van der Waals surface area contributed by atoms with Crippen LogP contribution in [0.1, 0.15) is 0 Å². The van der Waals surface area contributed by atoms with Crippen molar-refractivity contribution in [1.82, 2.24) is 4.98 Å². The number of ether oxygens (including phenoxy) is 5. The van der Waals surface area contributed by atoms with E-state index in [-0.39, 0.29) is 22.3 Å². The molecule has 0 aliphatic carbocycles. The van der Waals surface area contributed by atoms with E-state index >= 15 is 0 Å². The molecule has 0 saturated carbocycles. The summed E-state index contributed by atoms with van der Waals surface area (Å²) in [5, 5.41) is 0.242. The highest BCUT2D eigenvalue weighted by atomic mass is 16.5. The zero-order valence-electron chi connectivity index (χ0n) is 18.9. The molecule has 2 aromatic heterocycles. The monoisotopic (exact) mass is 449 g/mol. The van der Waals surface area contributed by atoms with E-state index in [1.807, 2.05) is 12.1 Å². The Labute approximate surface area is 190 Å². The van der Waals surface area contributed by atoms with Crippen LogP contribution in [0.3, 0.4) is 0 Å². The first-order valence-corrected chi connectivity index (χ1v) is 10.0. The maximum absolute atomic E-state index is 13.6. The molecule has 0 spiro atoms. The van der Waals surface area contributed by atoms with Gasteiger partial charge in [-0.15, -0.1) is 0 Å². The molecule has 0 radical (unpaired) electrons. The Balaban J connectivity index is 2.15. The highest BCUT2D eigenvalue weighted by Gasteiger charge is 2.25. The van der Waals surface area contributed by atoms with Gasteiger partial charge >= 0.3 is 0 Å². The molecule has 8 nitrogen and oxygen atoms in total. The first kappa shape index (κ1) is 22.0. The van der Waals surface area contributed by atoms with Gasteiger partial charge in [-0.05, 0) is 35.9 Å². The fourth-order valence-corrected chi connectivity index (χ4v) is 3.76. The Hall–Kier alpha value is -4.20. The molecule has 0 atom stereocenters. The molecule has 4 rings (SSSR count). The van der Waals surface area contributed by atoms with Crippen molar-refractivity contribution >= 4 is 11.0 Å². The number of nitrogens with zero attached hydrogens (tertiary/aromatic N) is 1. The van der Waals surface area contributed by atoms with Crippen molar-refractivity contribution in [1.29, 1.82) is 0 Å². The molecule has 170 valence electrons. The van der Waals surface area contributed by atoms with Gasteiger partial charge in [-0.1, -0.05) is 0 Å². The lowest BCUT2D eigenvalue weighted by Gasteiger charge is -2.17. The number of methoxy groups -OCH3 is 5. The van der Waals surface area contributed by atoms with Gasteiger partial charge in [0.15, 0.2) is 22.8 Å². The minimum atomic E-state index is -0.377. The summed E-state index contributed by atoms with van der Waals surface area (Å²) in [7, 11) is 7.53. The molecular formula is C25H23NO7. The quantitative estimate of drug-likeness (QED) is 0.406. The lowest BCUT2D eigenvalue weighted by atomic mass is 10.0. The van der Waals surface area contributed by atoms with Gasteiger partial charge < -0.3 is 28.1 Å². The minimum absolute atomic E-state index is 0.0406. The second kappa shape index (κ2) is 9.12. The third kappa shape index (κ3) is 3.69. The molecule has 0 aliphatic heterocycles. The molecule has 0 N–H and O–H groups in total. The first-order chi connectivity index (χ1) is 16.1. The summed E-state index contributed by atoms with van der Waals surface area (Å²) < 4.78 is 33.8.